The van der Waals surface area contributed by atoms with Crippen molar-refractivity contribution in [3.63, 3.8) is 0 Å². The van der Waals surface area contributed by atoms with Crippen LogP contribution in [0.5, 0.6) is 0 Å². The highest BCUT2D eigenvalue weighted by atomic mass is 14.7. The quantitative estimate of drug-likeness (QED) is 0.715. The number of hydrogen-bond donors (Lipinski definition) is 3. The molecule has 0 saturated heterocycles. The van der Waals surface area contributed by atoms with Gasteiger partial charge in [-0.2, -0.15) is 0 Å². The molecule has 0 heterocycles. The molecule has 3 heteroatoms. The Balaban J connectivity index is 0.000000148. The van der Waals surface area contributed by atoms with Crippen molar-refractivity contribution in [3.05, 3.63) is 29.8 Å². The second-order valence-electron chi connectivity index (χ2n) is 6.26. The summed E-state index contributed by atoms with van der Waals surface area (Å²) in [4.78, 5) is 0. The Morgan fingerprint density at radius 3 is 2.05 bits per heavy atom. The van der Waals surface area contributed by atoms with Crippen LogP contribution in [-0.2, 0) is 0 Å². The van der Waals surface area contributed by atoms with Gasteiger partial charge < -0.3 is 17.2 Å². The summed E-state index contributed by atoms with van der Waals surface area (Å²) in [7, 11) is 0. The smallest absolute Gasteiger partial charge is 0.0314 e. The third-order valence-corrected chi connectivity index (χ3v) is 4.99. The van der Waals surface area contributed by atoms with E-state index in [0.717, 1.165) is 30.6 Å². The van der Waals surface area contributed by atoms with Crippen molar-refractivity contribution >= 4 is 5.69 Å². The molecule has 1 aromatic rings. The van der Waals surface area contributed by atoms with Crippen LogP contribution < -0.4 is 17.2 Å². The maximum Gasteiger partial charge on any atom is 0.0314 e. The Hall–Kier alpha value is -1.06. The zero-order valence-corrected chi connectivity index (χ0v) is 11.9. The average Bonchev–Trinajstić information content (AvgIpc) is 3.03. The lowest BCUT2D eigenvalue weighted by molar-refractivity contribution is 0.183. The van der Waals surface area contributed by atoms with Crippen LogP contribution in [0.1, 0.15) is 31.2 Å². The second kappa shape index (κ2) is 5.93. The van der Waals surface area contributed by atoms with Gasteiger partial charge in [-0.25, -0.2) is 0 Å². The highest BCUT2D eigenvalue weighted by Crippen LogP contribution is 2.54. The van der Waals surface area contributed by atoms with Gasteiger partial charge in [-0.05, 0) is 68.7 Å². The number of benzene rings is 1. The fourth-order valence-corrected chi connectivity index (χ4v) is 3.71. The SMILES string of the molecule is Cc1ccc(N)cc1.NCC1(CN)CC2CCC1C2. The van der Waals surface area contributed by atoms with E-state index < -0.39 is 0 Å². The van der Waals surface area contributed by atoms with E-state index in [2.05, 4.69) is 0 Å². The number of nitrogen functional groups attached to an aromatic ring is 1. The predicted octanol–water partition coefficient (Wildman–Crippen LogP) is 2.29. The minimum absolute atomic E-state index is 0.350. The summed E-state index contributed by atoms with van der Waals surface area (Å²) in [5.41, 5.74) is 19.4. The van der Waals surface area contributed by atoms with E-state index in [1.807, 2.05) is 31.2 Å². The first-order valence-corrected chi connectivity index (χ1v) is 7.32. The highest BCUT2D eigenvalue weighted by molar-refractivity contribution is 5.38. The van der Waals surface area contributed by atoms with E-state index in [1.165, 1.54) is 31.2 Å². The van der Waals surface area contributed by atoms with E-state index >= 15 is 0 Å². The van der Waals surface area contributed by atoms with Gasteiger partial charge in [0.25, 0.3) is 0 Å². The molecule has 2 aliphatic carbocycles. The van der Waals surface area contributed by atoms with Gasteiger partial charge in [0, 0.05) is 5.69 Å². The molecule has 2 aliphatic rings. The summed E-state index contributed by atoms with van der Waals surface area (Å²) in [6, 6.07) is 7.79. The largest absolute Gasteiger partial charge is 0.399 e. The van der Waals surface area contributed by atoms with Gasteiger partial charge in [0.1, 0.15) is 0 Å². The number of aryl methyl sites for hydroxylation is 1. The van der Waals surface area contributed by atoms with E-state index in [-0.39, 0.29) is 0 Å². The number of anilines is 1. The Labute approximate surface area is 116 Å². The molecule has 3 rings (SSSR count). The Bertz CT molecular complexity index is 374. The van der Waals surface area contributed by atoms with Gasteiger partial charge >= 0.3 is 0 Å². The normalized spacial score (nSPS) is 26.9. The van der Waals surface area contributed by atoms with Gasteiger partial charge in [0.2, 0.25) is 0 Å². The molecule has 19 heavy (non-hydrogen) atoms. The molecular weight excluding hydrogens is 234 g/mol. The molecule has 0 radical (unpaired) electrons. The lowest BCUT2D eigenvalue weighted by Gasteiger charge is -2.35. The molecule has 2 bridgehead atoms. The lowest BCUT2D eigenvalue weighted by Crippen LogP contribution is -2.42. The lowest BCUT2D eigenvalue weighted by atomic mass is 9.73. The van der Waals surface area contributed by atoms with Gasteiger partial charge in [0.15, 0.2) is 0 Å². The number of hydrogen-bond acceptors (Lipinski definition) is 3. The van der Waals surface area contributed by atoms with Gasteiger partial charge in [0.05, 0.1) is 0 Å². The minimum Gasteiger partial charge on any atom is -0.399 e. The summed E-state index contributed by atoms with van der Waals surface area (Å²) in [6.45, 7) is 3.66. The number of nitrogens with two attached hydrogens (primary N) is 3. The van der Waals surface area contributed by atoms with E-state index in [0.29, 0.717) is 5.41 Å². The molecule has 1 aromatic carbocycles. The zero-order valence-electron chi connectivity index (χ0n) is 11.9. The molecule has 2 saturated carbocycles. The topological polar surface area (TPSA) is 78.1 Å². The first kappa shape index (κ1) is 14.4. The molecule has 3 nitrogen and oxygen atoms in total. The monoisotopic (exact) mass is 261 g/mol. The second-order valence-corrected chi connectivity index (χ2v) is 6.26. The molecule has 0 aliphatic heterocycles. The van der Waals surface area contributed by atoms with Crippen LogP contribution in [0.25, 0.3) is 0 Å². The van der Waals surface area contributed by atoms with Crippen molar-refractivity contribution in [2.75, 3.05) is 18.8 Å². The van der Waals surface area contributed by atoms with Crippen molar-refractivity contribution in [1.29, 1.82) is 0 Å². The zero-order chi connectivity index (χ0) is 13.9. The summed E-state index contributed by atoms with van der Waals surface area (Å²) in [6.07, 6.45) is 5.55. The van der Waals surface area contributed by atoms with Crippen LogP contribution in [0.4, 0.5) is 5.69 Å². The molecule has 2 fully saturated rings. The molecule has 2 unspecified atom stereocenters. The van der Waals surface area contributed by atoms with Crippen molar-refractivity contribution in [1.82, 2.24) is 0 Å². The first-order valence-electron chi connectivity index (χ1n) is 7.32. The van der Waals surface area contributed by atoms with Crippen LogP contribution in [0.3, 0.4) is 0 Å². The number of rotatable bonds is 2. The standard InChI is InChI=1S/C9H18N2.C7H9N/c10-5-9(6-11)4-7-1-2-8(9)3-7;1-6-2-4-7(8)5-3-6/h7-8H,1-6,10-11H2;2-5H,8H2,1H3. The molecule has 0 spiro atoms. The number of fused-ring (bicyclic) bond motifs is 2. The molecule has 6 N–H and O–H groups in total. The van der Waals surface area contributed by atoms with E-state index in [9.17, 15) is 0 Å². The summed E-state index contributed by atoms with van der Waals surface area (Å²) < 4.78 is 0. The minimum atomic E-state index is 0.350. The van der Waals surface area contributed by atoms with Crippen molar-refractivity contribution in [2.24, 2.45) is 28.7 Å². The van der Waals surface area contributed by atoms with Crippen LogP contribution in [0.2, 0.25) is 0 Å². The predicted molar refractivity (Wildman–Crippen MR) is 81.6 cm³/mol. The van der Waals surface area contributed by atoms with E-state index in [1.54, 1.807) is 0 Å². The third-order valence-electron chi connectivity index (χ3n) is 4.99. The van der Waals surface area contributed by atoms with Crippen LogP contribution in [0.15, 0.2) is 24.3 Å². The Kier molecular flexibility index (Phi) is 4.48. The van der Waals surface area contributed by atoms with Crippen molar-refractivity contribution in [2.45, 2.75) is 32.6 Å². The van der Waals surface area contributed by atoms with Crippen molar-refractivity contribution < 1.29 is 0 Å². The first-order chi connectivity index (χ1) is 9.09. The van der Waals surface area contributed by atoms with Crippen LogP contribution in [-0.4, -0.2) is 13.1 Å². The highest BCUT2D eigenvalue weighted by Gasteiger charge is 2.48. The molecule has 106 valence electrons. The summed E-state index contributed by atoms with van der Waals surface area (Å²) in [5, 5.41) is 0. The Morgan fingerprint density at radius 1 is 1.11 bits per heavy atom. The molecule has 2 atom stereocenters. The molecule has 0 aromatic heterocycles. The van der Waals surface area contributed by atoms with Gasteiger partial charge in [-0.15, -0.1) is 0 Å². The fourth-order valence-electron chi connectivity index (χ4n) is 3.71. The average molecular weight is 261 g/mol. The molecular formula is C16H27N3. The van der Waals surface area contributed by atoms with Crippen LogP contribution in [0, 0.1) is 24.2 Å². The summed E-state index contributed by atoms with van der Waals surface area (Å²) in [5.74, 6) is 1.83. The van der Waals surface area contributed by atoms with Crippen LogP contribution >= 0.6 is 0 Å². The van der Waals surface area contributed by atoms with Crippen molar-refractivity contribution in [3.8, 4) is 0 Å². The maximum atomic E-state index is 5.79. The van der Waals surface area contributed by atoms with Gasteiger partial charge in [-0.3, -0.25) is 0 Å². The fraction of sp³-hybridized carbons (Fsp3) is 0.625. The van der Waals surface area contributed by atoms with Gasteiger partial charge in [-0.1, -0.05) is 24.1 Å². The molecule has 0 amide bonds. The Morgan fingerprint density at radius 2 is 1.74 bits per heavy atom. The maximum absolute atomic E-state index is 5.79. The third kappa shape index (κ3) is 3.10. The van der Waals surface area contributed by atoms with E-state index in [4.69, 9.17) is 17.2 Å². The summed E-state index contributed by atoms with van der Waals surface area (Å²) >= 11 is 0.